The van der Waals surface area contributed by atoms with Gasteiger partial charge < -0.3 is 15.4 Å². The van der Waals surface area contributed by atoms with Gasteiger partial charge in [0.2, 0.25) is 5.91 Å². The zero-order valence-electron chi connectivity index (χ0n) is 9.16. The molecule has 1 aromatic rings. The maximum absolute atomic E-state index is 11.5. The van der Waals surface area contributed by atoms with Crippen LogP contribution in [-0.2, 0) is 16.0 Å². The number of nitrogens with one attached hydrogen (secondary N) is 2. The number of hydrogen-bond donors (Lipinski definition) is 2. The van der Waals surface area contributed by atoms with Crippen molar-refractivity contribution in [1.82, 2.24) is 5.32 Å². The van der Waals surface area contributed by atoms with Gasteiger partial charge in [-0.3, -0.25) is 4.79 Å². The minimum atomic E-state index is -0.0886. The number of carbonyl (C=O) groups is 1. The molecule has 2 N–H and O–H groups in total. The average Bonchev–Trinajstić information content (AvgIpc) is 2.33. The molecule has 0 saturated carbocycles. The number of hydrogen-bond acceptors (Lipinski definition) is 3. The number of rotatable bonds is 0. The molecule has 2 rings (SSSR count). The highest BCUT2D eigenvalue weighted by atomic mass is 16.5. The van der Waals surface area contributed by atoms with Gasteiger partial charge in [0.05, 0.1) is 6.61 Å². The largest absolute Gasteiger partial charge is 0.370 e. The van der Waals surface area contributed by atoms with Gasteiger partial charge in [0.25, 0.3) is 0 Å². The SMILES string of the molecule is O=C1COCCNCCc2ccccc2N1. The molecule has 0 unspecified atom stereocenters. The van der Waals surface area contributed by atoms with E-state index < -0.39 is 0 Å². The number of carbonyl (C=O) groups excluding carboxylic acids is 1. The van der Waals surface area contributed by atoms with E-state index in [-0.39, 0.29) is 12.5 Å². The molecule has 1 amide bonds. The Morgan fingerprint density at radius 1 is 1.19 bits per heavy atom. The highest BCUT2D eigenvalue weighted by Crippen LogP contribution is 2.15. The van der Waals surface area contributed by atoms with Crippen molar-refractivity contribution < 1.29 is 9.53 Å². The van der Waals surface area contributed by atoms with Gasteiger partial charge in [-0.25, -0.2) is 0 Å². The van der Waals surface area contributed by atoms with Gasteiger partial charge in [0.1, 0.15) is 6.61 Å². The molecular formula is C12H16N2O2. The van der Waals surface area contributed by atoms with E-state index in [2.05, 4.69) is 10.6 Å². The number of ether oxygens (including phenoxy) is 1. The summed E-state index contributed by atoms with van der Waals surface area (Å²) in [4.78, 5) is 11.5. The average molecular weight is 220 g/mol. The fourth-order valence-corrected chi connectivity index (χ4v) is 1.70. The van der Waals surface area contributed by atoms with E-state index in [1.165, 1.54) is 0 Å². The standard InChI is InChI=1S/C12H16N2O2/c15-12-9-16-8-7-13-6-5-10-3-1-2-4-11(10)14-12/h1-4,13H,5-9H2,(H,14,15). The molecule has 0 aliphatic carbocycles. The van der Waals surface area contributed by atoms with Crippen molar-refractivity contribution >= 4 is 11.6 Å². The second-order valence-electron chi connectivity index (χ2n) is 3.76. The molecule has 4 heteroatoms. The summed E-state index contributed by atoms with van der Waals surface area (Å²) in [6.45, 7) is 2.38. The van der Waals surface area contributed by atoms with Gasteiger partial charge in [0, 0.05) is 12.2 Å². The maximum atomic E-state index is 11.5. The summed E-state index contributed by atoms with van der Waals surface area (Å²) in [7, 11) is 0. The first-order chi connectivity index (χ1) is 7.86. The Bertz CT molecular complexity index is 366. The second-order valence-corrected chi connectivity index (χ2v) is 3.76. The monoisotopic (exact) mass is 220 g/mol. The van der Waals surface area contributed by atoms with E-state index in [0.717, 1.165) is 30.8 Å². The third kappa shape index (κ3) is 3.05. The lowest BCUT2D eigenvalue weighted by Crippen LogP contribution is -2.23. The summed E-state index contributed by atoms with van der Waals surface area (Å²) in [5.74, 6) is -0.0886. The van der Waals surface area contributed by atoms with Gasteiger partial charge in [-0.05, 0) is 24.6 Å². The normalized spacial score (nSPS) is 18.1. The van der Waals surface area contributed by atoms with Crippen LogP contribution in [0.1, 0.15) is 5.56 Å². The van der Waals surface area contributed by atoms with E-state index in [1.54, 1.807) is 0 Å². The van der Waals surface area contributed by atoms with E-state index in [1.807, 2.05) is 24.3 Å². The van der Waals surface area contributed by atoms with E-state index >= 15 is 0 Å². The van der Waals surface area contributed by atoms with Crippen LogP contribution in [0, 0.1) is 0 Å². The van der Waals surface area contributed by atoms with Crippen LogP contribution in [0.2, 0.25) is 0 Å². The Morgan fingerprint density at radius 3 is 3.00 bits per heavy atom. The first-order valence-electron chi connectivity index (χ1n) is 5.52. The summed E-state index contributed by atoms with van der Waals surface area (Å²) >= 11 is 0. The third-order valence-electron chi connectivity index (χ3n) is 2.52. The first kappa shape index (κ1) is 11.1. The Morgan fingerprint density at radius 2 is 2.06 bits per heavy atom. The molecule has 0 aromatic heterocycles. The molecule has 86 valence electrons. The molecule has 1 aromatic carbocycles. The number of anilines is 1. The molecule has 4 nitrogen and oxygen atoms in total. The van der Waals surface area contributed by atoms with Crippen LogP contribution >= 0.6 is 0 Å². The number of benzene rings is 1. The molecular weight excluding hydrogens is 204 g/mol. The van der Waals surface area contributed by atoms with Crippen LogP contribution in [0.4, 0.5) is 5.69 Å². The van der Waals surface area contributed by atoms with Crippen molar-refractivity contribution in [3.05, 3.63) is 29.8 Å². The van der Waals surface area contributed by atoms with Gasteiger partial charge in [0.15, 0.2) is 0 Å². The van der Waals surface area contributed by atoms with Crippen LogP contribution < -0.4 is 10.6 Å². The molecule has 0 radical (unpaired) electrons. The fourth-order valence-electron chi connectivity index (χ4n) is 1.70. The molecule has 0 atom stereocenters. The molecule has 16 heavy (non-hydrogen) atoms. The fraction of sp³-hybridized carbons (Fsp3) is 0.417. The lowest BCUT2D eigenvalue weighted by atomic mass is 10.1. The quantitative estimate of drug-likeness (QED) is 0.679. The zero-order chi connectivity index (χ0) is 11.2. The lowest BCUT2D eigenvalue weighted by molar-refractivity contribution is -0.120. The van der Waals surface area contributed by atoms with Crippen molar-refractivity contribution in [3.63, 3.8) is 0 Å². The van der Waals surface area contributed by atoms with Gasteiger partial charge in [-0.2, -0.15) is 0 Å². The van der Waals surface area contributed by atoms with Crippen molar-refractivity contribution in [2.75, 3.05) is 31.6 Å². The number of fused-ring (bicyclic) bond motifs is 1. The van der Waals surface area contributed by atoms with Gasteiger partial charge in [-0.15, -0.1) is 0 Å². The highest BCUT2D eigenvalue weighted by Gasteiger charge is 2.07. The molecule has 0 bridgehead atoms. The molecule has 0 saturated heterocycles. The van der Waals surface area contributed by atoms with Crippen molar-refractivity contribution in [3.8, 4) is 0 Å². The summed E-state index contributed by atoms with van der Waals surface area (Å²) in [5.41, 5.74) is 2.05. The minimum absolute atomic E-state index is 0.0886. The summed E-state index contributed by atoms with van der Waals surface area (Å²) in [6, 6.07) is 7.87. The Hall–Kier alpha value is -1.39. The Labute approximate surface area is 95.0 Å². The van der Waals surface area contributed by atoms with Gasteiger partial charge in [-0.1, -0.05) is 18.2 Å². The second kappa shape index (κ2) is 5.63. The van der Waals surface area contributed by atoms with Crippen LogP contribution in [0.15, 0.2) is 24.3 Å². The topological polar surface area (TPSA) is 50.4 Å². The van der Waals surface area contributed by atoms with Crippen LogP contribution in [-0.4, -0.2) is 32.2 Å². The van der Waals surface area contributed by atoms with Crippen molar-refractivity contribution in [2.24, 2.45) is 0 Å². The summed E-state index contributed by atoms with van der Waals surface area (Å²) < 4.78 is 5.22. The third-order valence-corrected chi connectivity index (χ3v) is 2.52. The van der Waals surface area contributed by atoms with Crippen molar-refractivity contribution in [2.45, 2.75) is 6.42 Å². The van der Waals surface area contributed by atoms with E-state index in [0.29, 0.717) is 6.61 Å². The van der Waals surface area contributed by atoms with Crippen LogP contribution in [0.25, 0.3) is 0 Å². The molecule has 0 fully saturated rings. The lowest BCUT2D eigenvalue weighted by Gasteiger charge is -2.09. The van der Waals surface area contributed by atoms with Crippen molar-refractivity contribution in [1.29, 1.82) is 0 Å². The van der Waals surface area contributed by atoms with E-state index in [9.17, 15) is 4.79 Å². The maximum Gasteiger partial charge on any atom is 0.250 e. The number of para-hydroxylation sites is 1. The van der Waals surface area contributed by atoms with Gasteiger partial charge >= 0.3 is 0 Å². The molecule has 0 spiro atoms. The predicted octanol–water partition coefficient (Wildman–Crippen LogP) is 0.787. The first-order valence-corrected chi connectivity index (χ1v) is 5.52. The minimum Gasteiger partial charge on any atom is -0.370 e. The smallest absolute Gasteiger partial charge is 0.250 e. The van der Waals surface area contributed by atoms with Crippen LogP contribution in [0.5, 0.6) is 0 Å². The number of amides is 1. The summed E-state index contributed by atoms with van der Waals surface area (Å²) in [5, 5.41) is 6.14. The molecule has 1 aliphatic rings. The van der Waals surface area contributed by atoms with Crippen LogP contribution in [0.3, 0.4) is 0 Å². The molecule has 1 aliphatic heterocycles. The zero-order valence-corrected chi connectivity index (χ0v) is 9.16. The summed E-state index contributed by atoms with van der Waals surface area (Å²) in [6.07, 6.45) is 0.913. The highest BCUT2D eigenvalue weighted by molar-refractivity contribution is 5.92. The van der Waals surface area contributed by atoms with E-state index in [4.69, 9.17) is 4.74 Å². The molecule has 1 heterocycles. The Balaban J connectivity index is 2.14. The predicted molar refractivity (Wildman–Crippen MR) is 62.5 cm³/mol. The Kier molecular flexibility index (Phi) is 3.91.